The quantitative estimate of drug-likeness (QED) is 0.471. The lowest BCUT2D eigenvalue weighted by atomic mass is 10.2. The molecule has 1 aliphatic heterocycles. The molecule has 76 valence electrons. The molecule has 0 saturated carbocycles. The van der Waals surface area contributed by atoms with Gasteiger partial charge in [0.15, 0.2) is 0 Å². The van der Waals surface area contributed by atoms with Crippen LogP contribution in [0.2, 0.25) is 5.28 Å². The molecular weight excluding hydrogens is 175 g/mol. The molecule has 0 spiro atoms. The van der Waals surface area contributed by atoms with Crippen molar-refractivity contribution >= 4 is 15.2 Å². The Balaban J connectivity index is 1.86. The summed E-state index contributed by atoms with van der Waals surface area (Å²) in [5.41, 5.74) is 0. The lowest BCUT2D eigenvalue weighted by Crippen LogP contribution is -2.25. The van der Waals surface area contributed by atoms with E-state index in [0.717, 1.165) is 11.6 Å². The van der Waals surface area contributed by atoms with E-state index in [1.807, 2.05) is 0 Å². The molecule has 13 heavy (non-hydrogen) atoms. The van der Waals surface area contributed by atoms with Crippen LogP contribution in [0.5, 0.6) is 0 Å². The van der Waals surface area contributed by atoms with Crippen molar-refractivity contribution in [3.8, 4) is 0 Å². The molecule has 0 aromatic rings. The van der Waals surface area contributed by atoms with Crippen LogP contribution in [0.3, 0.4) is 0 Å². The van der Waals surface area contributed by atoms with Gasteiger partial charge in [-0.1, -0.05) is 37.9 Å². The van der Waals surface area contributed by atoms with Gasteiger partial charge < -0.3 is 4.74 Å². The SMILES string of the molecule is CCCCC[CH2][AlH][CH]1CCCCO1. The first-order valence-corrected chi connectivity index (χ1v) is 7.86. The van der Waals surface area contributed by atoms with Crippen LogP contribution >= 0.6 is 0 Å². The minimum atomic E-state index is 0.115. The highest BCUT2D eigenvalue weighted by Gasteiger charge is 2.14. The third kappa shape index (κ3) is 5.73. The number of unbranched alkanes of at least 4 members (excludes halogenated alkanes) is 3. The predicted molar refractivity (Wildman–Crippen MR) is 59.7 cm³/mol. The van der Waals surface area contributed by atoms with Gasteiger partial charge in [0, 0.05) is 11.6 Å². The third-order valence-corrected chi connectivity index (χ3v) is 5.10. The number of hydrogen-bond donors (Lipinski definition) is 0. The molecule has 1 nitrogen and oxygen atoms in total. The maximum Gasteiger partial charge on any atom is 0.282 e. The molecule has 2 heteroatoms. The largest absolute Gasteiger partial charge is 0.394 e. The molecule has 1 unspecified atom stereocenters. The van der Waals surface area contributed by atoms with Gasteiger partial charge in [0.2, 0.25) is 0 Å². The molecule has 0 radical (unpaired) electrons. The smallest absolute Gasteiger partial charge is 0.282 e. The monoisotopic (exact) mass is 198 g/mol. The van der Waals surface area contributed by atoms with Crippen LogP contribution in [-0.4, -0.2) is 26.8 Å². The van der Waals surface area contributed by atoms with Gasteiger partial charge in [0.1, 0.15) is 0 Å². The second-order valence-corrected chi connectivity index (χ2v) is 6.39. The first-order valence-electron chi connectivity index (χ1n) is 6.05. The highest BCUT2D eigenvalue weighted by molar-refractivity contribution is 6.37. The van der Waals surface area contributed by atoms with Gasteiger partial charge in [0.05, 0.1) is 0 Å². The molecule has 1 fully saturated rings. The first-order chi connectivity index (χ1) is 6.43. The van der Waals surface area contributed by atoms with Crippen molar-refractivity contribution in [2.75, 3.05) is 6.61 Å². The molecule has 0 aromatic heterocycles. The number of rotatable bonds is 6. The first kappa shape index (κ1) is 11.6. The van der Waals surface area contributed by atoms with Crippen LogP contribution in [0.25, 0.3) is 0 Å². The predicted octanol–water partition coefficient (Wildman–Crippen LogP) is 2.95. The van der Waals surface area contributed by atoms with Gasteiger partial charge in [-0.15, -0.1) is 0 Å². The minimum absolute atomic E-state index is 0.115. The Kier molecular flexibility index (Phi) is 6.99. The van der Waals surface area contributed by atoms with Gasteiger partial charge >= 0.3 is 0 Å². The minimum Gasteiger partial charge on any atom is -0.394 e. The van der Waals surface area contributed by atoms with E-state index < -0.39 is 0 Å². The molecule has 1 aliphatic rings. The van der Waals surface area contributed by atoms with Crippen LogP contribution in [0.1, 0.15) is 51.9 Å². The van der Waals surface area contributed by atoms with Gasteiger partial charge in [-0.3, -0.25) is 0 Å². The number of ether oxygens (including phenoxy) is 1. The van der Waals surface area contributed by atoms with Gasteiger partial charge in [-0.2, -0.15) is 0 Å². The summed E-state index contributed by atoms with van der Waals surface area (Å²) in [6, 6.07) is 0. The highest BCUT2D eigenvalue weighted by atomic mass is 27.1. The van der Waals surface area contributed by atoms with Crippen molar-refractivity contribution in [1.82, 2.24) is 0 Å². The normalized spacial score (nSPS) is 23.0. The van der Waals surface area contributed by atoms with E-state index in [2.05, 4.69) is 6.92 Å². The highest BCUT2D eigenvalue weighted by Crippen LogP contribution is 2.13. The third-order valence-electron chi connectivity index (χ3n) is 2.90. The summed E-state index contributed by atoms with van der Waals surface area (Å²) in [5, 5.41) is 1.52. The fraction of sp³-hybridized carbons (Fsp3) is 1.00. The van der Waals surface area contributed by atoms with Crippen molar-refractivity contribution < 1.29 is 4.74 Å². The molecule has 0 bridgehead atoms. The maximum atomic E-state index is 5.75. The van der Waals surface area contributed by atoms with Gasteiger partial charge in [0.25, 0.3) is 15.2 Å². The van der Waals surface area contributed by atoms with Crippen molar-refractivity contribution in [3.63, 3.8) is 0 Å². The van der Waals surface area contributed by atoms with Crippen LogP contribution in [-0.2, 0) is 4.74 Å². The fourth-order valence-corrected chi connectivity index (χ4v) is 4.02. The summed E-state index contributed by atoms with van der Waals surface area (Å²) in [4.78, 5) is 0.746. The summed E-state index contributed by atoms with van der Waals surface area (Å²) < 4.78 is 5.75. The van der Waals surface area contributed by atoms with Crippen LogP contribution in [0.15, 0.2) is 0 Å². The lowest BCUT2D eigenvalue weighted by Gasteiger charge is -2.21. The van der Waals surface area contributed by atoms with Crippen molar-refractivity contribution in [2.45, 2.75) is 62.1 Å². The van der Waals surface area contributed by atoms with E-state index in [-0.39, 0.29) is 15.2 Å². The topological polar surface area (TPSA) is 9.23 Å². The number of hydrogen-bond acceptors (Lipinski definition) is 1. The summed E-state index contributed by atoms with van der Waals surface area (Å²) in [6.45, 7) is 3.33. The standard InChI is InChI=1S/C6H13.C5H9O.Al.H/c1-3-5-6-4-2;1-2-4-6-5-3-1;;/h1,3-6H2,2H3;4H,1-3,5H2;;. The zero-order valence-electron chi connectivity index (χ0n) is 9.06. The Morgan fingerprint density at radius 2 is 2.15 bits per heavy atom. The average molecular weight is 198 g/mol. The Hall–Kier alpha value is 0.492. The van der Waals surface area contributed by atoms with E-state index in [1.165, 1.54) is 50.2 Å². The molecule has 1 rings (SSSR count). The van der Waals surface area contributed by atoms with Crippen LogP contribution in [0.4, 0.5) is 0 Å². The zero-order chi connectivity index (χ0) is 9.36. The van der Waals surface area contributed by atoms with Crippen molar-refractivity contribution in [1.29, 1.82) is 0 Å². The molecular formula is C11H23AlO. The molecule has 1 atom stereocenters. The van der Waals surface area contributed by atoms with Crippen molar-refractivity contribution in [2.24, 2.45) is 0 Å². The fourth-order valence-electron chi connectivity index (χ4n) is 2.01. The molecule has 0 aliphatic carbocycles. The average Bonchev–Trinajstić information content (AvgIpc) is 2.19. The molecule has 0 N–H and O–H groups in total. The van der Waals surface area contributed by atoms with Gasteiger partial charge in [-0.25, -0.2) is 0 Å². The molecule has 0 amide bonds. The van der Waals surface area contributed by atoms with E-state index in [0.29, 0.717) is 0 Å². The zero-order valence-corrected chi connectivity index (χ0v) is 10.5. The van der Waals surface area contributed by atoms with E-state index in [1.54, 1.807) is 0 Å². The molecule has 0 aromatic carbocycles. The summed E-state index contributed by atoms with van der Waals surface area (Å²) >= 11 is 0.115. The Bertz CT molecular complexity index is 111. The van der Waals surface area contributed by atoms with Crippen LogP contribution in [0, 0.1) is 0 Å². The Morgan fingerprint density at radius 1 is 1.23 bits per heavy atom. The Morgan fingerprint density at radius 3 is 2.85 bits per heavy atom. The second-order valence-electron chi connectivity index (χ2n) is 4.19. The van der Waals surface area contributed by atoms with E-state index >= 15 is 0 Å². The van der Waals surface area contributed by atoms with Crippen LogP contribution < -0.4 is 0 Å². The Labute approximate surface area is 89.0 Å². The van der Waals surface area contributed by atoms with E-state index in [4.69, 9.17) is 4.74 Å². The molecule has 1 saturated heterocycles. The summed E-state index contributed by atoms with van der Waals surface area (Å²) in [5.74, 6) is 0. The summed E-state index contributed by atoms with van der Waals surface area (Å²) in [6.07, 6.45) is 9.82. The van der Waals surface area contributed by atoms with Crippen molar-refractivity contribution in [3.05, 3.63) is 0 Å². The van der Waals surface area contributed by atoms with Gasteiger partial charge in [-0.05, 0) is 19.3 Å². The summed E-state index contributed by atoms with van der Waals surface area (Å²) in [7, 11) is 0. The van der Waals surface area contributed by atoms with E-state index in [9.17, 15) is 0 Å². The lowest BCUT2D eigenvalue weighted by molar-refractivity contribution is 0.0649. The second kappa shape index (κ2) is 7.86. The molecule has 1 heterocycles. The maximum absolute atomic E-state index is 5.75.